The van der Waals surface area contributed by atoms with Gasteiger partial charge >= 0.3 is 0 Å². The molecular weight excluding hydrogens is 282 g/mol. The van der Waals surface area contributed by atoms with Crippen LogP contribution in [0.15, 0.2) is 29.0 Å². The van der Waals surface area contributed by atoms with Crippen LogP contribution >= 0.6 is 15.9 Å². The van der Waals surface area contributed by atoms with Crippen molar-refractivity contribution in [3.8, 4) is 5.75 Å². The Balaban J connectivity index is 2.16. The van der Waals surface area contributed by atoms with Crippen molar-refractivity contribution in [1.82, 2.24) is 15.3 Å². The minimum atomic E-state index is 0.630. The molecule has 0 aliphatic carbocycles. The minimum absolute atomic E-state index is 0.630. The topological polar surface area (TPSA) is 47.0 Å². The van der Waals surface area contributed by atoms with Crippen LogP contribution in [0.25, 0.3) is 11.0 Å². The Kier molecular flexibility index (Phi) is 4.28. The van der Waals surface area contributed by atoms with E-state index >= 15 is 0 Å². The number of fused-ring (bicyclic) bond motifs is 1. The fraction of sp³-hybridized carbons (Fsp3) is 0.333. The summed E-state index contributed by atoms with van der Waals surface area (Å²) >= 11 is 3.38. The number of rotatable bonds is 5. The van der Waals surface area contributed by atoms with E-state index < -0.39 is 0 Å². The van der Waals surface area contributed by atoms with Crippen LogP contribution in [0.3, 0.4) is 0 Å². The van der Waals surface area contributed by atoms with Crippen molar-refractivity contribution >= 4 is 27.0 Å². The van der Waals surface area contributed by atoms with Gasteiger partial charge in [-0.1, -0.05) is 6.92 Å². The molecule has 0 spiro atoms. The molecule has 2 rings (SSSR count). The lowest BCUT2D eigenvalue weighted by atomic mass is 10.3. The number of hydrogen-bond donors (Lipinski definition) is 1. The third-order valence-corrected chi connectivity index (χ3v) is 2.73. The van der Waals surface area contributed by atoms with E-state index in [0.29, 0.717) is 6.61 Å². The summed E-state index contributed by atoms with van der Waals surface area (Å²) in [7, 11) is 0. The molecule has 0 saturated heterocycles. The first-order valence-electron chi connectivity index (χ1n) is 5.55. The first kappa shape index (κ1) is 12.3. The summed E-state index contributed by atoms with van der Waals surface area (Å²) in [5.41, 5.74) is 1.63. The van der Waals surface area contributed by atoms with E-state index in [-0.39, 0.29) is 0 Å². The molecule has 0 aromatic carbocycles. The summed E-state index contributed by atoms with van der Waals surface area (Å²) in [5, 5.41) is 3.21. The molecule has 4 nitrogen and oxygen atoms in total. The Labute approximate surface area is 109 Å². The van der Waals surface area contributed by atoms with Crippen molar-refractivity contribution in [2.75, 3.05) is 19.7 Å². The fourth-order valence-electron chi connectivity index (χ4n) is 1.51. The number of halogens is 1. The van der Waals surface area contributed by atoms with Gasteiger partial charge in [0, 0.05) is 29.5 Å². The number of hydrogen-bond acceptors (Lipinski definition) is 4. The fourth-order valence-corrected chi connectivity index (χ4v) is 1.83. The lowest BCUT2D eigenvalue weighted by Gasteiger charge is -2.08. The molecule has 0 aliphatic heterocycles. The molecular formula is C12H14BrN3O. The van der Waals surface area contributed by atoms with E-state index in [4.69, 9.17) is 4.74 Å². The molecule has 1 N–H and O–H groups in total. The van der Waals surface area contributed by atoms with Crippen LogP contribution < -0.4 is 10.1 Å². The van der Waals surface area contributed by atoms with E-state index in [1.54, 1.807) is 12.4 Å². The molecule has 0 fully saturated rings. The van der Waals surface area contributed by atoms with E-state index in [1.165, 1.54) is 0 Å². The third-order valence-electron chi connectivity index (χ3n) is 2.29. The zero-order chi connectivity index (χ0) is 12.1. The molecule has 0 aliphatic rings. The van der Waals surface area contributed by atoms with Crippen molar-refractivity contribution in [2.45, 2.75) is 6.92 Å². The van der Waals surface area contributed by atoms with Gasteiger partial charge in [0.25, 0.3) is 0 Å². The molecule has 0 amide bonds. The molecule has 2 aromatic rings. The minimum Gasteiger partial charge on any atom is -0.490 e. The van der Waals surface area contributed by atoms with E-state index in [9.17, 15) is 0 Å². The zero-order valence-corrected chi connectivity index (χ0v) is 11.2. The summed E-state index contributed by atoms with van der Waals surface area (Å²) in [6.45, 7) is 4.48. The van der Waals surface area contributed by atoms with Crippen LogP contribution in [0.4, 0.5) is 0 Å². The van der Waals surface area contributed by atoms with Gasteiger partial charge in [-0.2, -0.15) is 0 Å². The zero-order valence-electron chi connectivity index (χ0n) is 9.61. The molecule has 17 heavy (non-hydrogen) atoms. The van der Waals surface area contributed by atoms with Gasteiger partial charge in [0.05, 0.1) is 5.52 Å². The normalized spacial score (nSPS) is 10.7. The number of pyridine rings is 2. The van der Waals surface area contributed by atoms with Crippen molar-refractivity contribution in [3.05, 3.63) is 29.0 Å². The van der Waals surface area contributed by atoms with Gasteiger partial charge in [-0.25, -0.2) is 4.98 Å². The van der Waals surface area contributed by atoms with Crippen LogP contribution in [0.1, 0.15) is 6.92 Å². The Morgan fingerprint density at radius 3 is 3.12 bits per heavy atom. The largest absolute Gasteiger partial charge is 0.490 e. The molecule has 5 heteroatoms. The monoisotopic (exact) mass is 295 g/mol. The highest BCUT2D eigenvalue weighted by Gasteiger charge is 2.04. The standard InChI is InChI=1S/C12H14BrN3O/c1-2-14-5-6-17-11-3-4-15-10-7-9(13)8-16-12(10)11/h3-4,7-8,14H,2,5-6H2,1H3. The van der Waals surface area contributed by atoms with Crippen molar-refractivity contribution in [3.63, 3.8) is 0 Å². The number of likely N-dealkylation sites (N-methyl/N-ethyl adjacent to an activating group) is 1. The van der Waals surface area contributed by atoms with E-state index in [2.05, 4.69) is 38.1 Å². The van der Waals surface area contributed by atoms with Gasteiger partial charge in [0.1, 0.15) is 17.9 Å². The van der Waals surface area contributed by atoms with Gasteiger partial charge in [-0.15, -0.1) is 0 Å². The summed E-state index contributed by atoms with van der Waals surface area (Å²) in [5.74, 6) is 0.778. The maximum absolute atomic E-state index is 5.68. The maximum Gasteiger partial charge on any atom is 0.148 e. The van der Waals surface area contributed by atoms with Crippen LogP contribution in [0.5, 0.6) is 5.75 Å². The summed E-state index contributed by atoms with van der Waals surface area (Å²) in [6.07, 6.45) is 3.49. The number of nitrogens with one attached hydrogen (secondary N) is 1. The second-order valence-corrected chi connectivity index (χ2v) is 4.45. The van der Waals surface area contributed by atoms with Crippen molar-refractivity contribution in [1.29, 1.82) is 0 Å². The summed E-state index contributed by atoms with van der Waals surface area (Å²) in [4.78, 5) is 8.58. The summed E-state index contributed by atoms with van der Waals surface area (Å²) in [6, 6.07) is 3.77. The molecule has 2 heterocycles. The van der Waals surface area contributed by atoms with Gasteiger partial charge in [-0.3, -0.25) is 4.98 Å². The Hall–Kier alpha value is -1.20. The summed E-state index contributed by atoms with van der Waals surface area (Å²) < 4.78 is 6.60. The Morgan fingerprint density at radius 1 is 1.41 bits per heavy atom. The first-order chi connectivity index (χ1) is 8.31. The van der Waals surface area contributed by atoms with Crippen molar-refractivity contribution in [2.24, 2.45) is 0 Å². The van der Waals surface area contributed by atoms with Crippen molar-refractivity contribution < 1.29 is 4.74 Å². The second kappa shape index (κ2) is 5.93. The molecule has 0 atom stereocenters. The van der Waals surface area contributed by atoms with Gasteiger partial charge in [0.2, 0.25) is 0 Å². The van der Waals surface area contributed by atoms with Gasteiger partial charge < -0.3 is 10.1 Å². The highest BCUT2D eigenvalue weighted by molar-refractivity contribution is 9.10. The average molecular weight is 296 g/mol. The number of ether oxygens (including phenoxy) is 1. The number of nitrogens with zero attached hydrogens (tertiary/aromatic N) is 2. The smallest absolute Gasteiger partial charge is 0.148 e. The third kappa shape index (κ3) is 3.14. The lowest BCUT2D eigenvalue weighted by molar-refractivity contribution is 0.318. The first-order valence-corrected chi connectivity index (χ1v) is 6.34. The Bertz CT molecular complexity index is 504. The second-order valence-electron chi connectivity index (χ2n) is 3.53. The molecule has 0 radical (unpaired) electrons. The van der Waals surface area contributed by atoms with Crippen LogP contribution in [-0.4, -0.2) is 29.7 Å². The van der Waals surface area contributed by atoms with Gasteiger partial charge in [0.15, 0.2) is 0 Å². The Morgan fingerprint density at radius 2 is 2.29 bits per heavy atom. The molecule has 90 valence electrons. The quantitative estimate of drug-likeness (QED) is 0.861. The molecule has 0 bridgehead atoms. The molecule has 0 unspecified atom stereocenters. The van der Waals surface area contributed by atoms with Crippen LogP contribution in [0.2, 0.25) is 0 Å². The van der Waals surface area contributed by atoms with Crippen LogP contribution in [-0.2, 0) is 0 Å². The highest BCUT2D eigenvalue weighted by atomic mass is 79.9. The van der Waals surface area contributed by atoms with E-state index in [1.807, 2.05) is 12.1 Å². The number of aromatic nitrogens is 2. The van der Waals surface area contributed by atoms with E-state index in [0.717, 1.165) is 34.3 Å². The maximum atomic E-state index is 5.68. The SMILES string of the molecule is CCNCCOc1ccnc2cc(Br)cnc12. The predicted octanol–water partition coefficient (Wildman–Crippen LogP) is 2.38. The van der Waals surface area contributed by atoms with Crippen LogP contribution in [0, 0.1) is 0 Å². The molecule has 0 saturated carbocycles. The predicted molar refractivity (Wildman–Crippen MR) is 71.3 cm³/mol. The lowest BCUT2D eigenvalue weighted by Crippen LogP contribution is -2.20. The average Bonchev–Trinajstić information content (AvgIpc) is 2.34. The van der Waals surface area contributed by atoms with Gasteiger partial charge in [-0.05, 0) is 28.5 Å². The molecule has 2 aromatic heterocycles. The highest BCUT2D eigenvalue weighted by Crippen LogP contribution is 2.23.